The molecule has 1 fully saturated rings. The number of piperidine rings is 1. The van der Waals surface area contributed by atoms with Crippen LogP contribution in [0.2, 0.25) is 0 Å². The molecular formula is C12H19N5O3. The van der Waals surface area contributed by atoms with Gasteiger partial charge in [-0.1, -0.05) is 0 Å². The van der Waals surface area contributed by atoms with Crippen molar-refractivity contribution in [3.63, 3.8) is 0 Å². The molecule has 2 heterocycles. The predicted molar refractivity (Wildman–Crippen MR) is 75.1 cm³/mol. The molecule has 0 saturated carbocycles. The van der Waals surface area contributed by atoms with Gasteiger partial charge in [0.25, 0.3) is 0 Å². The number of hydrogen-bond donors (Lipinski definition) is 1. The smallest absolute Gasteiger partial charge is 0.353 e. The summed E-state index contributed by atoms with van der Waals surface area (Å²) in [5.41, 5.74) is -0.396. The number of anilines is 2. The first-order chi connectivity index (χ1) is 9.50. The van der Waals surface area contributed by atoms with E-state index in [4.69, 9.17) is 4.74 Å². The van der Waals surface area contributed by atoms with E-state index in [0.717, 1.165) is 19.4 Å². The standard InChI is InChI=1S/C12H19N5O3/c1-12(20-3)5-4-6-16(7-12)11-9(17(18)19)10(13-2)14-8-15-11/h8H,4-7H2,1-3H3,(H,13,14,15). The molecule has 1 N–H and O–H groups in total. The minimum atomic E-state index is -0.445. The van der Waals surface area contributed by atoms with Crippen molar-refractivity contribution in [1.29, 1.82) is 0 Å². The van der Waals surface area contributed by atoms with Crippen LogP contribution in [0.15, 0.2) is 6.33 Å². The summed E-state index contributed by atoms with van der Waals surface area (Å²) in [4.78, 5) is 20.8. The van der Waals surface area contributed by atoms with E-state index in [1.165, 1.54) is 6.33 Å². The van der Waals surface area contributed by atoms with Gasteiger partial charge in [0, 0.05) is 27.2 Å². The van der Waals surface area contributed by atoms with E-state index in [1.807, 2.05) is 11.8 Å². The number of aromatic nitrogens is 2. The average molecular weight is 281 g/mol. The molecule has 20 heavy (non-hydrogen) atoms. The zero-order valence-electron chi connectivity index (χ0n) is 11.9. The Morgan fingerprint density at radius 3 is 2.90 bits per heavy atom. The Kier molecular flexibility index (Phi) is 4.03. The maximum atomic E-state index is 11.3. The van der Waals surface area contributed by atoms with Crippen molar-refractivity contribution < 1.29 is 9.66 Å². The molecule has 1 aromatic heterocycles. The maximum absolute atomic E-state index is 11.3. The summed E-state index contributed by atoms with van der Waals surface area (Å²) in [5, 5.41) is 14.0. The van der Waals surface area contributed by atoms with Gasteiger partial charge in [0.05, 0.1) is 10.5 Å². The van der Waals surface area contributed by atoms with Crippen molar-refractivity contribution in [1.82, 2.24) is 9.97 Å². The van der Waals surface area contributed by atoms with Crippen molar-refractivity contribution in [2.24, 2.45) is 0 Å². The fourth-order valence-corrected chi connectivity index (χ4v) is 2.51. The van der Waals surface area contributed by atoms with Crippen LogP contribution in [0.25, 0.3) is 0 Å². The number of rotatable bonds is 4. The zero-order chi connectivity index (χ0) is 14.8. The summed E-state index contributed by atoms with van der Waals surface area (Å²) in [6.07, 6.45) is 3.17. The molecule has 2 rings (SSSR count). The minimum Gasteiger partial charge on any atom is -0.377 e. The average Bonchev–Trinajstić information content (AvgIpc) is 2.46. The topological polar surface area (TPSA) is 93.4 Å². The van der Waals surface area contributed by atoms with Crippen LogP contribution in [0, 0.1) is 10.1 Å². The van der Waals surface area contributed by atoms with Crippen molar-refractivity contribution in [3.05, 3.63) is 16.4 Å². The minimum absolute atomic E-state index is 0.0876. The van der Waals surface area contributed by atoms with Crippen LogP contribution in [-0.2, 0) is 4.74 Å². The Morgan fingerprint density at radius 2 is 2.30 bits per heavy atom. The Bertz CT molecular complexity index is 510. The van der Waals surface area contributed by atoms with Crippen LogP contribution >= 0.6 is 0 Å². The van der Waals surface area contributed by atoms with Crippen molar-refractivity contribution >= 4 is 17.3 Å². The number of ether oxygens (including phenoxy) is 1. The van der Waals surface area contributed by atoms with Gasteiger partial charge in [0.15, 0.2) is 0 Å². The van der Waals surface area contributed by atoms with Crippen LogP contribution in [0.4, 0.5) is 17.3 Å². The van der Waals surface area contributed by atoms with Gasteiger partial charge >= 0.3 is 5.69 Å². The molecule has 8 heteroatoms. The second kappa shape index (κ2) is 5.58. The quantitative estimate of drug-likeness (QED) is 0.659. The van der Waals surface area contributed by atoms with Crippen LogP contribution < -0.4 is 10.2 Å². The highest BCUT2D eigenvalue weighted by Gasteiger charge is 2.35. The van der Waals surface area contributed by atoms with Gasteiger partial charge in [-0.25, -0.2) is 9.97 Å². The first-order valence-corrected chi connectivity index (χ1v) is 6.48. The van der Waals surface area contributed by atoms with Gasteiger partial charge in [-0.15, -0.1) is 0 Å². The highest BCUT2D eigenvalue weighted by molar-refractivity contribution is 5.70. The van der Waals surface area contributed by atoms with Crippen LogP contribution in [-0.4, -0.2) is 47.7 Å². The lowest BCUT2D eigenvalue weighted by Crippen LogP contribution is -2.48. The number of nitrogens with zero attached hydrogens (tertiary/aromatic N) is 4. The molecule has 0 radical (unpaired) electrons. The molecule has 1 atom stereocenters. The van der Waals surface area contributed by atoms with Crippen molar-refractivity contribution in [3.8, 4) is 0 Å². The summed E-state index contributed by atoms with van der Waals surface area (Å²) in [6.45, 7) is 3.30. The highest BCUT2D eigenvalue weighted by Crippen LogP contribution is 2.35. The van der Waals surface area contributed by atoms with E-state index >= 15 is 0 Å². The van der Waals surface area contributed by atoms with Crippen LogP contribution in [0.5, 0.6) is 0 Å². The Morgan fingerprint density at radius 1 is 1.55 bits per heavy atom. The summed E-state index contributed by atoms with van der Waals surface area (Å²) < 4.78 is 5.52. The van der Waals surface area contributed by atoms with E-state index < -0.39 is 4.92 Å². The monoisotopic (exact) mass is 281 g/mol. The third-order valence-corrected chi connectivity index (χ3v) is 3.67. The second-order valence-corrected chi connectivity index (χ2v) is 5.08. The van der Waals surface area contributed by atoms with E-state index in [-0.39, 0.29) is 17.1 Å². The molecule has 0 aliphatic carbocycles. The zero-order valence-corrected chi connectivity index (χ0v) is 11.9. The number of nitrogens with one attached hydrogen (secondary N) is 1. The normalized spacial score (nSPS) is 22.6. The molecule has 0 bridgehead atoms. The number of hydrogen-bond acceptors (Lipinski definition) is 7. The molecule has 110 valence electrons. The largest absolute Gasteiger partial charge is 0.377 e. The van der Waals surface area contributed by atoms with Gasteiger partial charge in [-0.3, -0.25) is 10.1 Å². The predicted octanol–water partition coefficient (Wildman–Crippen LogP) is 1.43. The van der Waals surface area contributed by atoms with E-state index in [1.54, 1.807) is 14.2 Å². The van der Waals surface area contributed by atoms with E-state index in [0.29, 0.717) is 12.4 Å². The molecule has 0 spiro atoms. The Hall–Kier alpha value is -1.96. The van der Waals surface area contributed by atoms with Crippen molar-refractivity contribution in [2.45, 2.75) is 25.4 Å². The molecule has 1 aliphatic rings. The Labute approximate surface area is 117 Å². The van der Waals surface area contributed by atoms with Gasteiger partial charge in [0.1, 0.15) is 6.33 Å². The molecule has 0 amide bonds. The first-order valence-electron chi connectivity index (χ1n) is 6.48. The number of methoxy groups -OCH3 is 1. The number of nitro groups is 1. The summed E-state index contributed by atoms with van der Waals surface area (Å²) in [7, 11) is 3.27. The van der Waals surface area contributed by atoms with Gasteiger partial charge in [0.2, 0.25) is 11.6 Å². The van der Waals surface area contributed by atoms with E-state index in [2.05, 4.69) is 15.3 Å². The van der Waals surface area contributed by atoms with Gasteiger partial charge in [-0.2, -0.15) is 0 Å². The molecule has 8 nitrogen and oxygen atoms in total. The Balaban J connectivity index is 2.39. The third kappa shape index (κ3) is 2.64. The first kappa shape index (κ1) is 14.4. The molecule has 0 aromatic carbocycles. The highest BCUT2D eigenvalue weighted by atomic mass is 16.6. The molecule has 1 aliphatic heterocycles. The van der Waals surface area contributed by atoms with Gasteiger partial charge in [-0.05, 0) is 19.8 Å². The summed E-state index contributed by atoms with van der Waals surface area (Å²) in [5.74, 6) is 0.571. The summed E-state index contributed by atoms with van der Waals surface area (Å²) >= 11 is 0. The van der Waals surface area contributed by atoms with Gasteiger partial charge < -0.3 is 15.0 Å². The lowest BCUT2D eigenvalue weighted by Gasteiger charge is -2.39. The molecule has 1 unspecified atom stereocenters. The fourth-order valence-electron chi connectivity index (χ4n) is 2.51. The van der Waals surface area contributed by atoms with E-state index in [9.17, 15) is 10.1 Å². The van der Waals surface area contributed by atoms with Crippen LogP contribution in [0.3, 0.4) is 0 Å². The van der Waals surface area contributed by atoms with Crippen LogP contribution in [0.1, 0.15) is 19.8 Å². The SMILES string of the molecule is CNc1ncnc(N2CCCC(C)(OC)C2)c1[N+](=O)[O-]. The second-order valence-electron chi connectivity index (χ2n) is 5.08. The van der Waals surface area contributed by atoms with Crippen molar-refractivity contribution in [2.75, 3.05) is 37.5 Å². The molecular weight excluding hydrogens is 262 g/mol. The third-order valence-electron chi connectivity index (χ3n) is 3.67. The lowest BCUT2D eigenvalue weighted by molar-refractivity contribution is -0.383. The maximum Gasteiger partial charge on any atom is 0.353 e. The lowest BCUT2D eigenvalue weighted by atomic mass is 9.95. The fraction of sp³-hybridized carbons (Fsp3) is 0.667. The molecule has 1 saturated heterocycles. The molecule has 1 aromatic rings. The summed E-state index contributed by atoms with van der Waals surface area (Å²) in [6, 6.07) is 0.